The molecule has 0 radical (unpaired) electrons. The highest BCUT2D eigenvalue weighted by atomic mass is 16.7. The van der Waals surface area contributed by atoms with Gasteiger partial charge in [0.25, 0.3) is 0 Å². The normalized spacial score (nSPS) is 21.5. The topological polar surface area (TPSA) is 89.5 Å². The first-order chi connectivity index (χ1) is 14.9. The molecule has 2 aliphatic heterocycles. The average Bonchev–Trinajstić information content (AvgIpc) is 3.33. The summed E-state index contributed by atoms with van der Waals surface area (Å²) in [5.41, 5.74) is 0.242. The minimum Gasteiger partial charge on any atom is -0.493 e. The zero-order chi connectivity index (χ0) is 22.0. The number of cyclic esters (lactones) is 1. The van der Waals surface area contributed by atoms with E-state index in [0.29, 0.717) is 29.4 Å². The Morgan fingerprint density at radius 2 is 1.74 bits per heavy atom. The standard InChI is InChI=1S/C23H24O8/c1-14(24)31-23(11-16-5-6-18(26-2)20(10-16)27-3)17(12-28-22(23)25)8-15-4-7-19-21(9-15)30-13-29-19/h4-7,9-10,17H,8,11-13H2,1-3H3. The molecular formula is C23H24O8. The van der Waals surface area contributed by atoms with Gasteiger partial charge in [0, 0.05) is 19.3 Å². The van der Waals surface area contributed by atoms with Crippen LogP contribution >= 0.6 is 0 Å². The maximum atomic E-state index is 12.9. The van der Waals surface area contributed by atoms with Gasteiger partial charge >= 0.3 is 11.9 Å². The van der Waals surface area contributed by atoms with E-state index in [9.17, 15) is 9.59 Å². The monoisotopic (exact) mass is 428 g/mol. The highest BCUT2D eigenvalue weighted by molar-refractivity contribution is 5.85. The molecule has 4 rings (SSSR count). The number of methoxy groups -OCH3 is 2. The molecule has 0 aromatic heterocycles. The molecule has 31 heavy (non-hydrogen) atoms. The molecule has 2 aliphatic rings. The van der Waals surface area contributed by atoms with Crippen molar-refractivity contribution in [2.45, 2.75) is 25.4 Å². The number of benzene rings is 2. The number of hydrogen-bond donors (Lipinski definition) is 0. The van der Waals surface area contributed by atoms with Crippen LogP contribution in [-0.2, 0) is 31.9 Å². The first kappa shape index (κ1) is 20.8. The van der Waals surface area contributed by atoms with Crippen LogP contribution in [0.5, 0.6) is 23.0 Å². The molecule has 1 fully saturated rings. The molecule has 2 unspecified atom stereocenters. The lowest BCUT2D eigenvalue weighted by Gasteiger charge is -2.31. The summed E-state index contributed by atoms with van der Waals surface area (Å²) in [5.74, 6) is 0.950. The predicted octanol–water partition coefficient (Wildman–Crippen LogP) is 2.69. The molecule has 0 spiro atoms. The first-order valence-electron chi connectivity index (χ1n) is 9.91. The van der Waals surface area contributed by atoms with E-state index in [1.54, 1.807) is 19.2 Å². The second-order valence-corrected chi connectivity index (χ2v) is 7.54. The summed E-state index contributed by atoms with van der Waals surface area (Å²) < 4.78 is 32.5. The molecule has 2 aromatic rings. The molecule has 164 valence electrons. The Morgan fingerprint density at radius 3 is 2.48 bits per heavy atom. The van der Waals surface area contributed by atoms with E-state index in [-0.39, 0.29) is 25.7 Å². The molecule has 8 heteroatoms. The van der Waals surface area contributed by atoms with Crippen LogP contribution in [-0.4, -0.2) is 45.2 Å². The molecule has 2 atom stereocenters. The number of fused-ring (bicyclic) bond motifs is 1. The van der Waals surface area contributed by atoms with Crippen molar-refractivity contribution in [2.24, 2.45) is 5.92 Å². The van der Waals surface area contributed by atoms with E-state index < -0.39 is 17.5 Å². The Bertz CT molecular complexity index is 1000. The number of carbonyl (C=O) groups is 2. The van der Waals surface area contributed by atoms with Crippen molar-refractivity contribution in [3.8, 4) is 23.0 Å². The van der Waals surface area contributed by atoms with E-state index in [2.05, 4.69) is 0 Å². The number of esters is 2. The third-order valence-electron chi connectivity index (χ3n) is 5.58. The van der Waals surface area contributed by atoms with Gasteiger partial charge in [0.1, 0.15) is 0 Å². The third kappa shape index (κ3) is 3.97. The summed E-state index contributed by atoms with van der Waals surface area (Å²) in [6.07, 6.45) is 0.615. The quantitative estimate of drug-likeness (QED) is 0.622. The smallest absolute Gasteiger partial charge is 0.351 e. The van der Waals surface area contributed by atoms with Gasteiger partial charge in [-0.25, -0.2) is 4.79 Å². The molecule has 2 aromatic carbocycles. The van der Waals surface area contributed by atoms with Crippen molar-refractivity contribution < 1.29 is 38.0 Å². The summed E-state index contributed by atoms with van der Waals surface area (Å²) in [6.45, 7) is 1.62. The minimum absolute atomic E-state index is 0.147. The van der Waals surface area contributed by atoms with Gasteiger partial charge in [-0.05, 0) is 41.8 Å². The second-order valence-electron chi connectivity index (χ2n) is 7.54. The zero-order valence-corrected chi connectivity index (χ0v) is 17.6. The van der Waals surface area contributed by atoms with Crippen LogP contribution in [0.4, 0.5) is 0 Å². The third-order valence-corrected chi connectivity index (χ3v) is 5.58. The minimum atomic E-state index is -1.44. The molecule has 0 saturated carbocycles. The van der Waals surface area contributed by atoms with Crippen LogP contribution in [0, 0.1) is 5.92 Å². The fourth-order valence-corrected chi connectivity index (χ4v) is 4.10. The fraction of sp³-hybridized carbons (Fsp3) is 0.391. The SMILES string of the molecule is COc1ccc(CC2(OC(C)=O)C(=O)OCC2Cc2ccc3c(c2)OCO3)cc1OC. The lowest BCUT2D eigenvalue weighted by atomic mass is 9.80. The Kier molecular flexibility index (Phi) is 5.63. The van der Waals surface area contributed by atoms with Crippen LogP contribution < -0.4 is 18.9 Å². The summed E-state index contributed by atoms with van der Waals surface area (Å²) in [7, 11) is 3.09. The Hall–Kier alpha value is -3.42. The van der Waals surface area contributed by atoms with Gasteiger partial charge < -0.3 is 28.4 Å². The summed E-state index contributed by atoms with van der Waals surface area (Å²) in [6, 6.07) is 11.0. The van der Waals surface area contributed by atoms with E-state index in [0.717, 1.165) is 11.1 Å². The van der Waals surface area contributed by atoms with Gasteiger partial charge in [-0.2, -0.15) is 0 Å². The van der Waals surface area contributed by atoms with Crippen molar-refractivity contribution in [1.29, 1.82) is 0 Å². The van der Waals surface area contributed by atoms with E-state index in [1.165, 1.54) is 14.0 Å². The zero-order valence-electron chi connectivity index (χ0n) is 17.6. The van der Waals surface area contributed by atoms with E-state index >= 15 is 0 Å². The molecule has 0 amide bonds. The van der Waals surface area contributed by atoms with Crippen molar-refractivity contribution in [3.05, 3.63) is 47.5 Å². The second kappa shape index (κ2) is 8.37. The number of rotatable bonds is 7. The maximum Gasteiger partial charge on any atom is 0.351 e. The van der Waals surface area contributed by atoms with Crippen molar-refractivity contribution >= 4 is 11.9 Å². The first-order valence-corrected chi connectivity index (χ1v) is 9.91. The van der Waals surface area contributed by atoms with E-state index in [1.807, 2.05) is 24.3 Å². The van der Waals surface area contributed by atoms with Crippen LogP contribution in [0.3, 0.4) is 0 Å². The summed E-state index contributed by atoms with van der Waals surface area (Å²) >= 11 is 0. The maximum absolute atomic E-state index is 12.9. The lowest BCUT2D eigenvalue weighted by molar-refractivity contribution is -0.174. The van der Waals surface area contributed by atoms with E-state index in [4.69, 9.17) is 28.4 Å². The summed E-state index contributed by atoms with van der Waals surface area (Å²) in [5, 5.41) is 0. The van der Waals surface area contributed by atoms with Gasteiger partial charge in [0.05, 0.1) is 20.8 Å². The average molecular weight is 428 g/mol. The number of carbonyl (C=O) groups excluding carboxylic acids is 2. The van der Waals surface area contributed by atoms with Gasteiger partial charge in [0.15, 0.2) is 23.0 Å². The van der Waals surface area contributed by atoms with Gasteiger partial charge in [-0.15, -0.1) is 0 Å². The fourth-order valence-electron chi connectivity index (χ4n) is 4.10. The molecule has 1 saturated heterocycles. The van der Waals surface area contributed by atoms with Crippen LogP contribution in [0.2, 0.25) is 0 Å². The van der Waals surface area contributed by atoms with Crippen LogP contribution in [0.15, 0.2) is 36.4 Å². The molecular weight excluding hydrogens is 404 g/mol. The van der Waals surface area contributed by atoms with Crippen LogP contribution in [0.25, 0.3) is 0 Å². The van der Waals surface area contributed by atoms with Crippen LogP contribution in [0.1, 0.15) is 18.1 Å². The number of ether oxygens (including phenoxy) is 6. The van der Waals surface area contributed by atoms with Crippen molar-refractivity contribution in [2.75, 3.05) is 27.6 Å². The van der Waals surface area contributed by atoms with Gasteiger partial charge in [-0.1, -0.05) is 12.1 Å². The Labute approximate surface area is 179 Å². The lowest BCUT2D eigenvalue weighted by Crippen LogP contribution is -2.48. The highest BCUT2D eigenvalue weighted by Crippen LogP contribution is 2.40. The van der Waals surface area contributed by atoms with Gasteiger partial charge in [0.2, 0.25) is 12.4 Å². The predicted molar refractivity (Wildman–Crippen MR) is 108 cm³/mol. The van der Waals surface area contributed by atoms with Gasteiger partial charge in [-0.3, -0.25) is 4.79 Å². The Morgan fingerprint density at radius 1 is 1.00 bits per heavy atom. The molecule has 2 heterocycles. The highest BCUT2D eigenvalue weighted by Gasteiger charge is 2.55. The van der Waals surface area contributed by atoms with Crippen molar-refractivity contribution in [1.82, 2.24) is 0 Å². The largest absolute Gasteiger partial charge is 0.493 e. The molecule has 0 aliphatic carbocycles. The molecule has 0 bridgehead atoms. The van der Waals surface area contributed by atoms with Crippen molar-refractivity contribution in [3.63, 3.8) is 0 Å². The number of hydrogen-bond acceptors (Lipinski definition) is 8. The molecule has 8 nitrogen and oxygen atoms in total. The molecule has 0 N–H and O–H groups in total. The Balaban J connectivity index is 1.66. The summed E-state index contributed by atoms with van der Waals surface area (Å²) in [4.78, 5) is 24.9.